The number of ketones is 1. The number of rotatable bonds is 10. The lowest BCUT2D eigenvalue weighted by molar-refractivity contribution is -0.132. The molecule has 0 aliphatic carbocycles. The quantitative estimate of drug-likeness (QED) is 0.0996. The van der Waals surface area contributed by atoms with Crippen molar-refractivity contribution in [2.24, 2.45) is 0 Å². The Kier molecular flexibility index (Phi) is 9.04. The van der Waals surface area contributed by atoms with E-state index in [0.717, 1.165) is 41.7 Å². The van der Waals surface area contributed by atoms with Crippen LogP contribution in [-0.4, -0.2) is 41.0 Å². The van der Waals surface area contributed by atoms with Crippen LogP contribution in [-0.2, 0) is 14.3 Å². The fraction of sp³-hybridized carbons (Fsp3) is 0.355. The maximum absolute atomic E-state index is 13.5. The molecule has 1 amide bonds. The first-order valence-corrected chi connectivity index (χ1v) is 14.2. The van der Waals surface area contributed by atoms with Gasteiger partial charge in [0.15, 0.2) is 5.13 Å². The Morgan fingerprint density at radius 3 is 2.45 bits per heavy atom. The highest BCUT2D eigenvalue weighted by atomic mass is 32.1. The van der Waals surface area contributed by atoms with Gasteiger partial charge in [-0.1, -0.05) is 60.9 Å². The summed E-state index contributed by atoms with van der Waals surface area (Å²) in [4.78, 5) is 45.5. The van der Waals surface area contributed by atoms with Gasteiger partial charge in [0.25, 0.3) is 5.78 Å². The van der Waals surface area contributed by atoms with Crippen molar-refractivity contribution in [3.05, 3.63) is 80.9 Å². The number of ether oxygens (including phenoxy) is 2. The Hall–Kier alpha value is -3.98. The summed E-state index contributed by atoms with van der Waals surface area (Å²) < 4.78 is 11.0. The average molecular weight is 563 g/mol. The number of carbonyl (C=O) groups is 3. The lowest BCUT2D eigenvalue weighted by Crippen LogP contribution is -2.29. The molecule has 210 valence electrons. The van der Waals surface area contributed by atoms with Gasteiger partial charge < -0.3 is 14.6 Å². The first-order valence-electron chi connectivity index (χ1n) is 13.4. The molecule has 0 saturated carbocycles. The number of aromatic nitrogens is 1. The molecule has 9 heteroatoms. The molecule has 1 aliphatic rings. The largest absolute Gasteiger partial charge is 0.507 e. The zero-order valence-corrected chi connectivity index (χ0v) is 24.3. The second-order valence-electron chi connectivity index (χ2n) is 9.74. The number of nitrogens with zero attached hydrogens (tertiary/aromatic N) is 2. The molecular formula is C31H34N2O6S. The topological polar surface area (TPSA) is 106 Å². The number of hydrogen-bond donors (Lipinski definition) is 1. The van der Waals surface area contributed by atoms with Gasteiger partial charge in [0.05, 0.1) is 30.5 Å². The minimum Gasteiger partial charge on any atom is -0.507 e. The van der Waals surface area contributed by atoms with Crippen LogP contribution in [0, 0.1) is 20.8 Å². The Morgan fingerprint density at radius 1 is 1.05 bits per heavy atom. The van der Waals surface area contributed by atoms with Crippen LogP contribution in [0.5, 0.6) is 5.75 Å². The number of anilines is 1. The van der Waals surface area contributed by atoms with Crippen LogP contribution in [0.3, 0.4) is 0 Å². The van der Waals surface area contributed by atoms with E-state index in [0.29, 0.717) is 29.2 Å². The molecule has 1 fully saturated rings. The molecule has 2 heterocycles. The van der Waals surface area contributed by atoms with Crippen LogP contribution in [0.1, 0.15) is 76.8 Å². The number of Topliss-reactive ketones (excluding diaryl/α,β-unsaturated/α-hetero) is 1. The van der Waals surface area contributed by atoms with Crippen LogP contribution in [0.2, 0.25) is 0 Å². The number of benzene rings is 2. The second-order valence-corrected chi connectivity index (χ2v) is 10.7. The number of aryl methyl sites for hydroxylation is 3. The van der Waals surface area contributed by atoms with Crippen LogP contribution in [0.15, 0.2) is 48.0 Å². The van der Waals surface area contributed by atoms with Gasteiger partial charge in [-0.3, -0.25) is 14.5 Å². The van der Waals surface area contributed by atoms with Crippen molar-refractivity contribution in [2.75, 3.05) is 18.1 Å². The number of thiazole rings is 1. The van der Waals surface area contributed by atoms with E-state index < -0.39 is 23.7 Å². The minimum atomic E-state index is -0.963. The second kappa shape index (κ2) is 12.5. The predicted octanol–water partition coefficient (Wildman–Crippen LogP) is 6.44. The summed E-state index contributed by atoms with van der Waals surface area (Å²) in [7, 11) is 0. The molecule has 1 aromatic heterocycles. The monoisotopic (exact) mass is 562 g/mol. The first kappa shape index (κ1) is 29.0. The average Bonchev–Trinajstić information content (AvgIpc) is 3.44. The Morgan fingerprint density at radius 2 is 1.77 bits per heavy atom. The number of carbonyl (C=O) groups excluding carboxylic acids is 3. The maximum Gasteiger partial charge on any atom is 0.350 e. The van der Waals surface area contributed by atoms with Crippen LogP contribution in [0.4, 0.5) is 5.13 Å². The van der Waals surface area contributed by atoms with E-state index in [-0.39, 0.29) is 27.9 Å². The molecule has 4 rings (SSSR count). The summed E-state index contributed by atoms with van der Waals surface area (Å²) in [6.45, 7) is 9.99. The zero-order chi connectivity index (χ0) is 29.0. The molecule has 1 unspecified atom stereocenters. The standard InChI is InChI=1S/C31H34N2O6S/c1-6-8-9-16-39-22-14-12-21(13-15-22)25-24(26(34)23-17-18(3)10-11-19(23)4)27(35)29(36)33(25)31-32-20(5)28(40-31)30(37)38-7-2/h10-15,17,25,34H,6-9,16H2,1-5H3/b26-24+. The normalized spacial score (nSPS) is 16.4. The minimum absolute atomic E-state index is 0.0409. The van der Waals surface area contributed by atoms with Crippen molar-refractivity contribution in [1.82, 2.24) is 4.98 Å². The highest BCUT2D eigenvalue weighted by molar-refractivity contribution is 7.17. The Balaban J connectivity index is 1.83. The Labute approximate surface area is 238 Å². The summed E-state index contributed by atoms with van der Waals surface area (Å²) in [6.07, 6.45) is 3.11. The first-order chi connectivity index (χ1) is 19.2. The SMILES string of the molecule is CCCCCOc1ccc(C2/C(=C(\O)c3cc(C)ccc3C)C(=O)C(=O)N2c2nc(C)c(C(=O)OCC)s2)cc1. The van der Waals surface area contributed by atoms with E-state index in [1.807, 2.05) is 26.0 Å². The Bertz CT molecular complexity index is 1460. The molecule has 1 aliphatic heterocycles. The van der Waals surface area contributed by atoms with Crippen molar-refractivity contribution < 1.29 is 29.0 Å². The van der Waals surface area contributed by atoms with Gasteiger partial charge in [-0.15, -0.1) is 0 Å². The predicted molar refractivity (Wildman–Crippen MR) is 155 cm³/mol. The maximum atomic E-state index is 13.5. The van der Waals surface area contributed by atoms with Gasteiger partial charge in [-0.2, -0.15) is 0 Å². The summed E-state index contributed by atoms with van der Waals surface area (Å²) in [6, 6.07) is 11.7. The molecule has 2 aromatic carbocycles. The van der Waals surface area contributed by atoms with Crippen molar-refractivity contribution in [3.8, 4) is 5.75 Å². The smallest absolute Gasteiger partial charge is 0.350 e. The van der Waals surface area contributed by atoms with E-state index in [1.165, 1.54) is 4.90 Å². The number of amides is 1. The molecule has 1 N–H and O–H groups in total. The molecule has 40 heavy (non-hydrogen) atoms. The third kappa shape index (κ3) is 5.79. The third-order valence-corrected chi connectivity index (χ3v) is 7.89. The molecule has 1 saturated heterocycles. The van der Waals surface area contributed by atoms with Crippen molar-refractivity contribution in [1.29, 1.82) is 0 Å². The molecule has 0 spiro atoms. The van der Waals surface area contributed by atoms with Gasteiger partial charge >= 0.3 is 11.9 Å². The van der Waals surface area contributed by atoms with E-state index in [9.17, 15) is 19.5 Å². The lowest BCUT2D eigenvalue weighted by atomic mass is 9.93. The number of hydrogen-bond acceptors (Lipinski definition) is 8. The highest BCUT2D eigenvalue weighted by Gasteiger charge is 2.48. The summed E-state index contributed by atoms with van der Waals surface area (Å²) in [5.74, 6) is -1.79. The van der Waals surface area contributed by atoms with Crippen LogP contribution < -0.4 is 9.64 Å². The third-order valence-electron chi connectivity index (χ3n) is 6.76. The van der Waals surface area contributed by atoms with Gasteiger partial charge in [-0.25, -0.2) is 9.78 Å². The molecule has 3 aromatic rings. The van der Waals surface area contributed by atoms with Crippen molar-refractivity contribution in [3.63, 3.8) is 0 Å². The molecule has 1 atom stereocenters. The fourth-order valence-corrected chi connectivity index (χ4v) is 5.63. The summed E-state index contributed by atoms with van der Waals surface area (Å²) >= 11 is 0.981. The summed E-state index contributed by atoms with van der Waals surface area (Å²) in [5, 5.41) is 11.7. The van der Waals surface area contributed by atoms with E-state index in [2.05, 4.69) is 11.9 Å². The van der Waals surface area contributed by atoms with Gasteiger partial charge in [0, 0.05) is 5.56 Å². The number of aliphatic hydroxyl groups is 1. The fourth-order valence-electron chi connectivity index (χ4n) is 4.64. The van der Waals surface area contributed by atoms with E-state index in [1.54, 1.807) is 44.2 Å². The molecular weight excluding hydrogens is 528 g/mol. The van der Waals surface area contributed by atoms with E-state index in [4.69, 9.17) is 9.47 Å². The van der Waals surface area contributed by atoms with Crippen LogP contribution >= 0.6 is 11.3 Å². The lowest BCUT2D eigenvalue weighted by Gasteiger charge is -2.23. The van der Waals surface area contributed by atoms with Crippen LogP contribution in [0.25, 0.3) is 5.76 Å². The van der Waals surface area contributed by atoms with Crippen molar-refractivity contribution >= 4 is 39.9 Å². The molecule has 8 nitrogen and oxygen atoms in total. The summed E-state index contributed by atoms with van der Waals surface area (Å²) in [5.41, 5.74) is 3.08. The van der Waals surface area contributed by atoms with Gasteiger partial charge in [0.2, 0.25) is 0 Å². The van der Waals surface area contributed by atoms with Crippen molar-refractivity contribution in [2.45, 2.75) is 59.9 Å². The molecule has 0 radical (unpaired) electrons. The van der Waals surface area contributed by atoms with E-state index >= 15 is 0 Å². The van der Waals surface area contributed by atoms with Gasteiger partial charge in [0.1, 0.15) is 16.4 Å². The molecule has 0 bridgehead atoms. The number of unbranched alkanes of at least 4 members (excludes halogenated alkanes) is 2. The zero-order valence-electron chi connectivity index (χ0n) is 23.4. The number of esters is 1. The number of aliphatic hydroxyl groups excluding tert-OH is 1. The highest BCUT2D eigenvalue weighted by Crippen LogP contribution is 2.44. The van der Waals surface area contributed by atoms with Gasteiger partial charge in [-0.05, 0) is 63.4 Å².